The van der Waals surface area contributed by atoms with Crippen molar-refractivity contribution in [2.75, 3.05) is 77.9 Å². The van der Waals surface area contributed by atoms with Gasteiger partial charge in [0.15, 0.2) is 0 Å². The second-order valence-electron chi connectivity index (χ2n) is 7.39. The van der Waals surface area contributed by atoms with E-state index in [1.54, 1.807) is 4.90 Å². The lowest BCUT2D eigenvalue weighted by atomic mass is 10.2. The molecule has 0 saturated carbocycles. The lowest BCUT2D eigenvalue weighted by Gasteiger charge is -2.31. The van der Waals surface area contributed by atoms with Gasteiger partial charge in [-0.2, -0.15) is 0 Å². The number of carbonyl (C=O) groups excluding carboxylic acids is 1. The maximum absolute atomic E-state index is 13.1. The fourth-order valence-electron chi connectivity index (χ4n) is 3.01. The number of likely N-dealkylation sites (N-methyl/N-ethyl adjacent to an activating group) is 1. The monoisotopic (exact) mass is 438 g/mol. The highest BCUT2D eigenvalue weighted by Crippen LogP contribution is 2.14. The fourth-order valence-corrected chi connectivity index (χ4v) is 3.01. The number of carbonyl (C=O) groups is 1. The number of hydrogen-bond donors (Lipinski definition) is 0. The molecule has 7 nitrogen and oxygen atoms in total. The van der Waals surface area contributed by atoms with Crippen molar-refractivity contribution in [2.45, 2.75) is 39.7 Å². The van der Waals surface area contributed by atoms with Crippen LogP contribution in [0.2, 0.25) is 0 Å². The van der Waals surface area contributed by atoms with Crippen molar-refractivity contribution in [3.63, 3.8) is 0 Å². The van der Waals surface area contributed by atoms with Crippen molar-refractivity contribution in [1.82, 2.24) is 4.90 Å². The maximum atomic E-state index is 13.1. The van der Waals surface area contributed by atoms with E-state index in [0.29, 0.717) is 52.7 Å². The number of amides is 1. The Morgan fingerprint density at radius 3 is 1.68 bits per heavy atom. The van der Waals surface area contributed by atoms with Crippen molar-refractivity contribution in [3.05, 3.63) is 30.3 Å². The summed E-state index contributed by atoms with van der Waals surface area (Å²) in [6.45, 7) is 12.3. The average molecular weight is 439 g/mol. The topological polar surface area (TPSA) is 60.5 Å². The second kappa shape index (κ2) is 18.1. The molecule has 178 valence electrons. The van der Waals surface area contributed by atoms with Crippen LogP contribution in [0.15, 0.2) is 30.3 Å². The van der Waals surface area contributed by atoms with Gasteiger partial charge in [-0.25, -0.2) is 0 Å². The Bertz CT molecular complexity index is 540. The first-order valence-corrected chi connectivity index (χ1v) is 11.5. The van der Waals surface area contributed by atoms with E-state index in [-0.39, 0.29) is 11.9 Å². The Hall–Kier alpha value is -1.51. The Balaban J connectivity index is 2.51. The largest absolute Gasteiger partial charge is 0.379 e. The van der Waals surface area contributed by atoms with Gasteiger partial charge in [-0.1, -0.05) is 32.0 Å². The van der Waals surface area contributed by atoms with Gasteiger partial charge in [0.2, 0.25) is 5.91 Å². The molecule has 1 aromatic rings. The van der Waals surface area contributed by atoms with Crippen molar-refractivity contribution < 1.29 is 23.7 Å². The Morgan fingerprint density at radius 1 is 0.774 bits per heavy atom. The lowest BCUT2D eigenvalue weighted by molar-refractivity contribution is -0.123. The predicted octanol–water partition coefficient (Wildman–Crippen LogP) is 3.23. The molecule has 7 heteroatoms. The highest BCUT2D eigenvalue weighted by Gasteiger charge is 2.24. The summed E-state index contributed by atoms with van der Waals surface area (Å²) in [4.78, 5) is 16.9. The Labute approximate surface area is 188 Å². The Kier molecular flexibility index (Phi) is 16.1. The van der Waals surface area contributed by atoms with E-state index in [0.717, 1.165) is 31.7 Å². The summed E-state index contributed by atoms with van der Waals surface area (Å²) in [6.07, 6.45) is 2.01. The van der Waals surface area contributed by atoms with Crippen LogP contribution >= 0.6 is 0 Å². The molecule has 0 aromatic heterocycles. The molecule has 1 amide bonds. The van der Waals surface area contributed by atoms with Crippen LogP contribution in [0.5, 0.6) is 0 Å². The van der Waals surface area contributed by atoms with E-state index in [1.807, 2.05) is 44.3 Å². The van der Waals surface area contributed by atoms with Gasteiger partial charge in [0, 0.05) is 39.0 Å². The number of rotatable bonds is 19. The molecule has 1 atom stereocenters. The smallest absolute Gasteiger partial charge is 0.243 e. The van der Waals surface area contributed by atoms with Gasteiger partial charge in [-0.3, -0.25) is 9.69 Å². The molecule has 1 rings (SSSR count). The van der Waals surface area contributed by atoms with Crippen LogP contribution in [0.3, 0.4) is 0 Å². The summed E-state index contributed by atoms with van der Waals surface area (Å²) in [5.41, 5.74) is 0.882. The van der Waals surface area contributed by atoms with Crippen LogP contribution in [0.1, 0.15) is 33.6 Å². The molecular weight excluding hydrogens is 396 g/mol. The minimum atomic E-state index is -0.287. The minimum Gasteiger partial charge on any atom is -0.379 e. The van der Waals surface area contributed by atoms with Crippen molar-refractivity contribution in [1.29, 1.82) is 0 Å². The lowest BCUT2D eigenvalue weighted by Crippen LogP contribution is -2.48. The SMILES string of the molecule is CCCOCCOCCN(CCOCCOCCC)C(C)C(=O)N(C)c1ccccc1. The van der Waals surface area contributed by atoms with Crippen LogP contribution < -0.4 is 4.90 Å². The highest BCUT2D eigenvalue weighted by molar-refractivity contribution is 5.96. The van der Waals surface area contributed by atoms with E-state index in [2.05, 4.69) is 18.7 Å². The summed E-state index contributed by atoms with van der Waals surface area (Å²) < 4.78 is 22.3. The normalized spacial score (nSPS) is 12.3. The number of hydrogen-bond acceptors (Lipinski definition) is 6. The molecular formula is C24H42N2O5. The number of benzene rings is 1. The van der Waals surface area contributed by atoms with Crippen LogP contribution in [0.4, 0.5) is 5.69 Å². The van der Waals surface area contributed by atoms with Gasteiger partial charge in [-0.05, 0) is 31.9 Å². The molecule has 0 aliphatic heterocycles. The summed E-state index contributed by atoms with van der Waals surface area (Å²) in [5.74, 6) is 0.0451. The summed E-state index contributed by atoms with van der Waals surface area (Å²) in [6, 6.07) is 9.40. The molecule has 0 N–H and O–H groups in total. The summed E-state index contributed by atoms with van der Waals surface area (Å²) >= 11 is 0. The van der Waals surface area contributed by atoms with E-state index >= 15 is 0 Å². The molecule has 1 unspecified atom stereocenters. The minimum absolute atomic E-state index is 0.0451. The zero-order chi connectivity index (χ0) is 22.7. The second-order valence-corrected chi connectivity index (χ2v) is 7.39. The number of para-hydroxylation sites is 1. The van der Waals surface area contributed by atoms with Gasteiger partial charge >= 0.3 is 0 Å². The van der Waals surface area contributed by atoms with E-state index < -0.39 is 0 Å². The third kappa shape index (κ3) is 12.2. The van der Waals surface area contributed by atoms with Crippen LogP contribution in [0.25, 0.3) is 0 Å². The van der Waals surface area contributed by atoms with Gasteiger partial charge in [0.25, 0.3) is 0 Å². The van der Waals surface area contributed by atoms with Gasteiger partial charge < -0.3 is 23.8 Å². The molecule has 0 heterocycles. The molecule has 0 bridgehead atoms. The van der Waals surface area contributed by atoms with Crippen LogP contribution in [0, 0.1) is 0 Å². The molecule has 0 fully saturated rings. The third-order valence-corrected chi connectivity index (χ3v) is 4.87. The molecule has 0 aliphatic carbocycles. The zero-order valence-electron chi connectivity index (χ0n) is 19.9. The van der Waals surface area contributed by atoms with Crippen LogP contribution in [-0.4, -0.2) is 89.8 Å². The van der Waals surface area contributed by atoms with Crippen molar-refractivity contribution in [2.24, 2.45) is 0 Å². The highest BCUT2D eigenvalue weighted by atomic mass is 16.5. The van der Waals surface area contributed by atoms with E-state index in [4.69, 9.17) is 18.9 Å². The summed E-state index contributed by atoms with van der Waals surface area (Å²) in [5, 5.41) is 0. The fraction of sp³-hybridized carbons (Fsp3) is 0.708. The summed E-state index contributed by atoms with van der Waals surface area (Å²) in [7, 11) is 1.81. The molecule has 0 saturated heterocycles. The third-order valence-electron chi connectivity index (χ3n) is 4.87. The zero-order valence-corrected chi connectivity index (χ0v) is 19.9. The Morgan fingerprint density at radius 2 is 1.23 bits per heavy atom. The standard InChI is InChI=1S/C24H42N2O5/c1-5-14-28-18-20-30-16-12-26(13-17-31-21-19-29-15-6-2)22(3)24(27)25(4)23-10-8-7-9-11-23/h7-11,22H,5-6,12-21H2,1-4H3. The number of nitrogens with zero attached hydrogens (tertiary/aromatic N) is 2. The number of anilines is 1. The predicted molar refractivity (Wildman–Crippen MR) is 125 cm³/mol. The van der Waals surface area contributed by atoms with Gasteiger partial charge in [-0.15, -0.1) is 0 Å². The molecule has 31 heavy (non-hydrogen) atoms. The van der Waals surface area contributed by atoms with Gasteiger partial charge in [0.05, 0.1) is 45.7 Å². The average Bonchev–Trinajstić information content (AvgIpc) is 2.80. The molecule has 0 radical (unpaired) electrons. The first-order chi connectivity index (χ1) is 15.1. The first kappa shape index (κ1) is 27.5. The van der Waals surface area contributed by atoms with Gasteiger partial charge in [0.1, 0.15) is 0 Å². The van der Waals surface area contributed by atoms with Crippen molar-refractivity contribution in [3.8, 4) is 0 Å². The molecule has 0 spiro atoms. The quantitative estimate of drug-likeness (QED) is 0.309. The van der Waals surface area contributed by atoms with E-state index in [9.17, 15) is 4.79 Å². The maximum Gasteiger partial charge on any atom is 0.243 e. The van der Waals surface area contributed by atoms with E-state index in [1.165, 1.54) is 0 Å². The number of ether oxygens (including phenoxy) is 4. The first-order valence-electron chi connectivity index (χ1n) is 11.5. The molecule has 1 aromatic carbocycles. The van der Waals surface area contributed by atoms with Crippen LogP contribution in [-0.2, 0) is 23.7 Å². The van der Waals surface area contributed by atoms with Crippen molar-refractivity contribution >= 4 is 11.6 Å². The molecule has 0 aliphatic rings.